The molecule has 1 aromatic rings. The van der Waals surface area contributed by atoms with E-state index in [1.54, 1.807) is 11.3 Å². The highest BCUT2D eigenvalue weighted by atomic mass is 35.5. The molecule has 5 nitrogen and oxygen atoms in total. The van der Waals surface area contributed by atoms with Crippen LogP contribution in [0.3, 0.4) is 0 Å². The van der Waals surface area contributed by atoms with Crippen molar-refractivity contribution in [3.63, 3.8) is 0 Å². The minimum atomic E-state index is 0. The number of aromatic nitrogens is 1. The maximum absolute atomic E-state index is 12.0. The summed E-state index contributed by atoms with van der Waals surface area (Å²) in [5.74, 6) is 0.288. The molecule has 21 heavy (non-hydrogen) atoms. The number of nitrogens with zero attached hydrogens (tertiary/aromatic N) is 3. The number of amides is 1. The lowest BCUT2D eigenvalue weighted by molar-refractivity contribution is -0.131. The van der Waals surface area contributed by atoms with Crippen molar-refractivity contribution in [3.8, 4) is 0 Å². The van der Waals surface area contributed by atoms with Crippen LogP contribution in [0.1, 0.15) is 25.7 Å². The zero-order valence-electron chi connectivity index (χ0n) is 12.1. The molecule has 1 amide bonds. The molecule has 0 aromatic carbocycles. The smallest absolute Gasteiger partial charge is 0.222 e. The highest BCUT2D eigenvalue weighted by molar-refractivity contribution is 7.13. The third kappa shape index (κ3) is 6.38. The van der Waals surface area contributed by atoms with Crippen LogP contribution in [0.5, 0.6) is 0 Å². The Bertz CT molecular complexity index is 384. The van der Waals surface area contributed by atoms with Crippen molar-refractivity contribution in [3.05, 3.63) is 11.6 Å². The summed E-state index contributed by atoms with van der Waals surface area (Å²) in [4.78, 5) is 20.6. The van der Waals surface area contributed by atoms with Gasteiger partial charge in [-0.2, -0.15) is 0 Å². The Labute approximate surface area is 142 Å². The van der Waals surface area contributed by atoms with Gasteiger partial charge in [-0.1, -0.05) is 6.42 Å². The predicted molar refractivity (Wildman–Crippen MR) is 92.9 cm³/mol. The number of carbonyl (C=O) groups is 1. The van der Waals surface area contributed by atoms with Crippen molar-refractivity contribution in [2.24, 2.45) is 5.73 Å². The Morgan fingerprint density at radius 3 is 2.48 bits per heavy atom. The lowest BCUT2D eigenvalue weighted by atomic mass is 10.1. The first kappa shape index (κ1) is 20.4. The molecular formula is C13H24Cl2N4OS. The highest BCUT2D eigenvalue weighted by Crippen LogP contribution is 2.19. The standard InChI is InChI=1S/C13H22N4OS.2ClH/c14-5-3-1-2-4-12(18)16-7-9-17(10-8-16)13-15-6-11-19-13;;/h6,11H,1-5,7-10,14H2;2*1H. The number of carbonyl (C=O) groups excluding carboxylic acids is 1. The second kappa shape index (κ2) is 11.1. The van der Waals surface area contributed by atoms with E-state index in [1.807, 2.05) is 16.5 Å². The number of anilines is 1. The van der Waals surface area contributed by atoms with Crippen LogP contribution >= 0.6 is 36.2 Å². The van der Waals surface area contributed by atoms with E-state index in [-0.39, 0.29) is 30.7 Å². The number of halogens is 2. The fourth-order valence-corrected chi connectivity index (χ4v) is 2.97. The number of unbranched alkanes of at least 4 members (excludes halogenated alkanes) is 2. The minimum absolute atomic E-state index is 0. The van der Waals surface area contributed by atoms with E-state index in [4.69, 9.17) is 5.73 Å². The van der Waals surface area contributed by atoms with Crippen molar-refractivity contribution < 1.29 is 4.79 Å². The second-order valence-corrected chi connectivity index (χ2v) is 5.65. The lowest BCUT2D eigenvalue weighted by Crippen LogP contribution is -2.48. The third-order valence-electron chi connectivity index (χ3n) is 3.42. The normalized spacial score (nSPS) is 14.3. The number of rotatable bonds is 6. The number of nitrogens with two attached hydrogens (primary N) is 1. The lowest BCUT2D eigenvalue weighted by Gasteiger charge is -2.34. The first-order chi connectivity index (χ1) is 9.31. The van der Waals surface area contributed by atoms with Crippen molar-refractivity contribution >= 4 is 47.2 Å². The minimum Gasteiger partial charge on any atom is -0.345 e. The third-order valence-corrected chi connectivity index (χ3v) is 4.25. The van der Waals surface area contributed by atoms with E-state index in [0.717, 1.165) is 57.1 Å². The number of hydrogen-bond donors (Lipinski definition) is 1. The van der Waals surface area contributed by atoms with Crippen LogP contribution in [0.15, 0.2) is 11.6 Å². The summed E-state index contributed by atoms with van der Waals surface area (Å²) in [6.07, 6.45) is 5.53. The number of hydrogen-bond acceptors (Lipinski definition) is 5. The maximum atomic E-state index is 12.0. The van der Waals surface area contributed by atoms with Crippen LogP contribution in [0.25, 0.3) is 0 Å². The van der Waals surface area contributed by atoms with Gasteiger partial charge in [0.1, 0.15) is 0 Å². The predicted octanol–water partition coefficient (Wildman–Crippen LogP) is 2.15. The zero-order chi connectivity index (χ0) is 13.5. The van der Waals surface area contributed by atoms with E-state index < -0.39 is 0 Å². The monoisotopic (exact) mass is 354 g/mol. The molecule has 1 fully saturated rings. The molecule has 2 N–H and O–H groups in total. The quantitative estimate of drug-likeness (QED) is 0.795. The molecule has 0 atom stereocenters. The SMILES string of the molecule is Cl.Cl.NCCCCCC(=O)N1CCN(c2nccs2)CC1. The van der Waals surface area contributed by atoms with E-state index in [0.29, 0.717) is 6.42 Å². The molecule has 0 unspecified atom stereocenters. The number of piperazine rings is 1. The summed E-state index contributed by atoms with van der Waals surface area (Å²) < 4.78 is 0. The topological polar surface area (TPSA) is 62.5 Å². The molecule has 2 rings (SSSR count). The summed E-state index contributed by atoms with van der Waals surface area (Å²) in [5, 5.41) is 3.06. The van der Waals surface area contributed by atoms with E-state index in [9.17, 15) is 4.79 Å². The molecule has 122 valence electrons. The van der Waals surface area contributed by atoms with Gasteiger partial charge in [0.2, 0.25) is 5.91 Å². The van der Waals surface area contributed by atoms with Crippen molar-refractivity contribution in [2.45, 2.75) is 25.7 Å². The molecule has 1 saturated heterocycles. The molecule has 1 aromatic heterocycles. The Morgan fingerprint density at radius 2 is 1.90 bits per heavy atom. The average molecular weight is 355 g/mol. The highest BCUT2D eigenvalue weighted by Gasteiger charge is 2.21. The van der Waals surface area contributed by atoms with Gasteiger partial charge in [0.25, 0.3) is 0 Å². The summed E-state index contributed by atoms with van der Waals surface area (Å²) in [6, 6.07) is 0. The Balaban J connectivity index is 0.00000200. The summed E-state index contributed by atoms with van der Waals surface area (Å²) >= 11 is 1.66. The van der Waals surface area contributed by atoms with Gasteiger partial charge in [0.15, 0.2) is 5.13 Å². The van der Waals surface area contributed by atoms with Crippen LogP contribution in [-0.2, 0) is 4.79 Å². The van der Waals surface area contributed by atoms with E-state index in [1.165, 1.54) is 0 Å². The molecular weight excluding hydrogens is 331 g/mol. The Morgan fingerprint density at radius 1 is 1.19 bits per heavy atom. The van der Waals surface area contributed by atoms with Gasteiger partial charge in [-0.05, 0) is 19.4 Å². The molecule has 2 heterocycles. The van der Waals surface area contributed by atoms with Gasteiger partial charge in [0, 0.05) is 44.2 Å². The average Bonchev–Trinajstić information content (AvgIpc) is 2.98. The largest absolute Gasteiger partial charge is 0.345 e. The first-order valence-corrected chi connectivity index (χ1v) is 7.81. The van der Waals surface area contributed by atoms with Gasteiger partial charge in [-0.25, -0.2) is 4.98 Å². The van der Waals surface area contributed by atoms with Gasteiger partial charge >= 0.3 is 0 Å². The molecule has 0 spiro atoms. The molecule has 8 heteroatoms. The van der Waals surface area contributed by atoms with Crippen LogP contribution < -0.4 is 10.6 Å². The molecule has 1 aliphatic heterocycles. The van der Waals surface area contributed by atoms with Crippen molar-refractivity contribution in [1.82, 2.24) is 9.88 Å². The van der Waals surface area contributed by atoms with E-state index >= 15 is 0 Å². The van der Waals surface area contributed by atoms with Crippen molar-refractivity contribution in [1.29, 1.82) is 0 Å². The van der Waals surface area contributed by atoms with Crippen molar-refractivity contribution in [2.75, 3.05) is 37.6 Å². The maximum Gasteiger partial charge on any atom is 0.222 e. The van der Waals surface area contributed by atoms with Gasteiger partial charge < -0.3 is 15.5 Å². The molecule has 0 bridgehead atoms. The Hall–Kier alpha value is -0.560. The van der Waals surface area contributed by atoms with Crippen LogP contribution in [-0.4, -0.2) is 48.5 Å². The molecule has 1 aliphatic rings. The number of thiazole rings is 1. The molecule has 0 saturated carbocycles. The van der Waals surface area contributed by atoms with Crippen LogP contribution in [0.4, 0.5) is 5.13 Å². The first-order valence-electron chi connectivity index (χ1n) is 6.93. The van der Waals surface area contributed by atoms with Gasteiger partial charge in [-0.15, -0.1) is 36.2 Å². The van der Waals surface area contributed by atoms with E-state index in [2.05, 4.69) is 9.88 Å². The van der Waals surface area contributed by atoms with Crippen LogP contribution in [0.2, 0.25) is 0 Å². The fourth-order valence-electron chi connectivity index (χ4n) is 2.27. The molecule has 0 aliphatic carbocycles. The van der Waals surface area contributed by atoms with Gasteiger partial charge in [-0.3, -0.25) is 4.79 Å². The summed E-state index contributed by atoms with van der Waals surface area (Å²) in [5.41, 5.74) is 5.44. The van der Waals surface area contributed by atoms with Gasteiger partial charge in [0.05, 0.1) is 0 Å². The summed E-state index contributed by atoms with van der Waals surface area (Å²) in [6.45, 7) is 4.13. The summed E-state index contributed by atoms with van der Waals surface area (Å²) in [7, 11) is 0. The second-order valence-electron chi connectivity index (χ2n) is 4.78. The zero-order valence-corrected chi connectivity index (χ0v) is 14.5. The fraction of sp³-hybridized carbons (Fsp3) is 0.692. The van der Waals surface area contributed by atoms with Crippen LogP contribution in [0, 0.1) is 0 Å². The molecule has 0 radical (unpaired) electrons. The Kier molecular flexibility index (Phi) is 10.8.